The topological polar surface area (TPSA) is 64.6 Å². The minimum atomic E-state index is -1.83. The van der Waals surface area contributed by atoms with Crippen molar-refractivity contribution in [3.8, 4) is 0 Å². The zero-order valence-corrected chi connectivity index (χ0v) is 18.5. The Bertz CT molecular complexity index is 473. The Morgan fingerprint density at radius 1 is 1.12 bits per heavy atom. The molecular formula is C19H37NO4Si. The van der Waals surface area contributed by atoms with Crippen LogP contribution in [0.25, 0.3) is 0 Å². The van der Waals surface area contributed by atoms with Crippen molar-refractivity contribution in [2.24, 2.45) is 5.41 Å². The second kappa shape index (κ2) is 9.53. The van der Waals surface area contributed by atoms with Crippen LogP contribution in [0.2, 0.25) is 18.1 Å². The maximum Gasteiger partial charge on any atom is 0.328 e. The fourth-order valence-electron chi connectivity index (χ4n) is 1.90. The summed E-state index contributed by atoms with van der Waals surface area (Å²) in [6.45, 7) is 19.4. The number of hydrogen-bond acceptors (Lipinski definition) is 4. The summed E-state index contributed by atoms with van der Waals surface area (Å²) in [7, 11) is -1.83. The molecule has 0 saturated carbocycles. The Morgan fingerprint density at radius 2 is 1.68 bits per heavy atom. The third-order valence-electron chi connectivity index (χ3n) is 4.32. The van der Waals surface area contributed by atoms with Crippen molar-refractivity contribution < 1.29 is 18.8 Å². The van der Waals surface area contributed by atoms with E-state index in [4.69, 9.17) is 9.16 Å². The van der Waals surface area contributed by atoms with Gasteiger partial charge in [-0.2, -0.15) is 0 Å². The number of nitrogens with one attached hydrogen (secondary N) is 1. The third-order valence-corrected chi connectivity index (χ3v) is 8.82. The molecule has 146 valence electrons. The maximum atomic E-state index is 12.1. The quantitative estimate of drug-likeness (QED) is 0.397. The molecule has 1 N–H and O–H groups in total. The van der Waals surface area contributed by atoms with Crippen LogP contribution in [-0.2, 0) is 18.8 Å². The zero-order chi connectivity index (χ0) is 19.9. The highest BCUT2D eigenvalue weighted by Gasteiger charge is 2.36. The molecule has 0 aromatic carbocycles. The lowest BCUT2D eigenvalue weighted by Crippen LogP contribution is -2.43. The Morgan fingerprint density at radius 3 is 2.12 bits per heavy atom. The first-order valence-corrected chi connectivity index (χ1v) is 11.9. The van der Waals surface area contributed by atoms with E-state index in [1.807, 2.05) is 20.8 Å². The van der Waals surface area contributed by atoms with Gasteiger partial charge in [-0.05, 0) is 36.9 Å². The van der Waals surface area contributed by atoms with Gasteiger partial charge in [0.15, 0.2) is 8.32 Å². The molecule has 1 unspecified atom stereocenters. The van der Waals surface area contributed by atoms with Gasteiger partial charge in [-0.3, -0.25) is 4.79 Å². The van der Waals surface area contributed by atoms with Gasteiger partial charge in [0, 0.05) is 6.08 Å². The second-order valence-corrected chi connectivity index (χ2v) is 13.9. The predicted octanol–water partition coefficient (Wildman–Crippen LogP) is 4.05. The first kappa shape index (κ1) is 23.9. The van der Waals surface area contributed by atoms with E-state index in [2.05, 4.69) is 39.2 Å². The molecule has 0 radical (unpaired) electrons. The molecule has 0 rings (SSSR count). The van der Waals surface area contributed by atoms with Crippen LogP contribution in [0.3, 0.4) is 0 Å². The molecule has 25 heavy (non-hydrogen) atoms. The highest BCUT2D eigenvalue weighted by atomic mass is 28.4. The SMILES string of the molecule is CCOC(=O)C(CC(C)(C)C)NC(=O)/C=C/CO[Si](C)(C)C(C)(C)C. The highest BCUT2D eigenvalue weighted by molar-refractivity contribution is 6.74. The minimum Gasteiger partial charge on any atom is -0.464 e. The predicted molar refractivity (Wildman–Crippen MR) is 105 cm³/mol. The van der Waals surface area contributed by atoms with E-state index in [-0.39, 0.29) is 16.4 Å². The van der Waals surface area contributed by atoms with Gasteiger partial charge in [-0.1, -0.05) is 47.6 Å². The van der Waals surface area contributed by atoms with Gasteiger partial charge >= 0.3 is 5.97 Å². The number of rotatable bonds is 8. The van der Waals surface area contributed by atoms with Gasteiger partial charge in [0.05, 0.1) is 13.2 Å². The smallest absolute Gasteiger partial charge is 0.328 e. The summed E-state index contributed by atoms with van der Waals surface area (Å²) in [4.78, 5) is 24.2. The highest BCUT2D eigenvalue weighted by Crippen LogP contribution is 2.36. The van der Waals surface area contributed by atoms with E-state index in [1.54, 1.807) is 13.0 Å². The molecule has 0 aromatic rings. The average Bonchev–Trinajstić information content (AvgIpc) is 2.40. The molecule has 0 heterocycles. The summed E-state index contributed by atoms with van der Waals surface area (Å²) in [6, 6.07) is -0.640. The van der Waals surface area contributed by atoms with Gasteiger partial charge in [0.25, 0.3) is 0 Å². The third kappa shape index (κ3) is 9.80. The monoisotopic (exact) mass is 371 g/mol. The van der Waals surface area contributed by atoms with Crippen LogP contribution in [0.15, 0.2) is 12.2 Å². The molecule has 6 heteroatoms. The largest absolute Gasteiger partial charge is 0.464 e. The van der Waals surface area contributed by atoms with Crippen molar-refractivity contribution in [1.29, 1.82) is 0 Å². The Balaban J connectivity index is 4.68. The van der Waals surface area contributed by atoms with Gasteiger partial charge in [0.2, 0.25) is 5.91 Å². The van der Waals surface area contributed by atoms with Crippen molar-refractivity contribution in [2.45, 2.75) is 79.1 Å². The molecule has 0 aliphatic carbocycles. The van der Waals surface area contributed by atoms with Crippen LogP contribution in [0.1, 0.15) is 54.9 Å². The van der Waals surface area contributed by atoms with Crippen LogP contribution in [0.5, 0.6) is 0 Å². The number of carbonyl (C=O) groups is 2. The number of ether oxygens (including phenoxy) is 1. The molecule has 0 bridgehead atoms. The molecule has 1 atom stereocenters. The van der Waals surface area contributed by atoms with E-state index in [0.29, 0.717) is 19.6 Å². The lowest BCUT2D eigenvalue weighted by molar-refractivity contribution is -0.147. The number of hydrogen-bond donors (Lipinski definition) is 1. The van der Waals surface area contributed by atoms with Crippen LogP contribution in [0.4, 0.5) is 0 Å². The molecule has 1 amide bonds. The van der Waals surface area contributed by atoms with E-state index >= 15 is 0 Å². The van der Waals surface area contributed by atoms with E-state index in [0.717, 1.165) is 0 Å². The van der Waals surface area contributed by atoms with Gasteiger partial charge in [0.1, 0.15) is 6.04 Å². The standard InChI is InChI=1S/C19H37NO4Si/c1-10-23-17(22)15(14-18(2,3)4)20-16(21)12-11-13-24-25(8,9)19(5,6)7/h11-12,15H,10,13-14H2,1-9H3,(H,20,21)/b12-11+. The van der Waals surface area contributed by atoms with E-state index < -0.39 is 20.3 Å². The molecule has 0 spiro atoms. The molecule has 0 aromatic heterocycles. The van der Waals surface area contributed by atoms with Crippen LogP contribution < -0.4 is 5.32 Å². The fourth-order valence-corrected chi connectivity index (χ4v) is 2.84. The van der Waals surface area contributed by atoms with Gasteiger partial charge in [-0.25, -0.2) is 4.79 Å². The molecule has 0 saturated heterocycles. The molecule has 0 aliphatic heterocycles. The van der Waals surface area contributed by atoms with Crippen LogP contribution in [0, 0.1) is 5.41 Å². The summed E-state index contributed by atoms with van der Waals surface area (Å²) in [5, 5.41) is 2.87. The van der Waals surface area contributed by atoms with Gasteiger partial charge in [-0.15, -0.1) is 0 Å². The molecular weight excluding hydrogens is 334 g/mol. The first-order chi connectivity index (χ1) is 11.2. The van der Waals surface area contributed by atoms with Crippen molar-refractivity contribution >= 4 is 20.2 Å². The van der Waals surface area contributed by atoms with Crippen molar-refractivity contribution in [1.82, 2.24) is 5.32 Å². The summed E-state index contributed by atoms with van der Waals surface area (Å²) in [5.41, 5.74) is -0.0974. The molecule has 0 fully saturated rings. The Hall–Kier alpha value is -1.14. The number of carbonyl (C=O) groups excluding carboxylic acids is 2. The Labute approximate surface area is 154 Å². The lowest BCUT2D eigenvalue weighted by Gasteiger charge is -2.35. The van der Waals surface area contributed by atoms with Crippen molar-refractivity contribution in [2.75, 3.05) is 13.2 Å². The lowest BCUT2D eigenvalue weighted by atomic mass is 9.88. The van der Waals surface area contributed by atoms with Crippen LogP contribution >= 0.6 is 0 Å². The second-order valence-electron chi connectivity index (χ2n) is 9.05. The summed E-state index contributed by atoms with van der Waals surface area (Å²) in [6.07, 6.45) is 3.66. The summed E-state index contributed by atoms with van der Waals surface area (Å²) < 4.78 is 11.1. The fraction of sp³-hybridized carbons (Fsp3) is 0.789. The van der Waals surface area contributed by atoms with Gasteiger partial charge < -0.3 is 14.5 Å². The van der Waals surface area contributed by atoms with Crippen molar-refractivity contribution in [3.05, 3.63) is 12.2 Å². The summed E-state index contributed by atoms with van der Waals surface area (Å²) in [5.74, 6) is -0.696. The number of esters is 1. The summed E-state index contributed by atoms with van der Waals surface area (Å²) >= 11 is 0. The molecule has 5 nitrogen and oxygen atoms in total. The maximum absolute atomic E-state index is 12.1. The minimum absolute atomic E-state index is 0.0974. The van der Waals surface area contributed by atoms with Crippen LogP contribution in [-0.4, -0.2) is 39.4 Å². The number of amides is 1. The normalized spacial score (nSPS) is 14.4. The van der Waals surface area contributed by atoms with Crippen molar-refractivity contribution in [3.63, 3.8) is 0 Å². The average molecular weight is 372 g/mol. The Kier molecular flexibility index (Phi) is 9.09. The molecule has 0 aliphatic rings. The zero-order valence-electron chi connectivity index (χ0n) is 17.5. The first-order valence-electron chi connectivity index (χ1n) is 8.97. The van der Waals surface area contributed by atoms with E-state index in [9.17, 15) is 9.59 Å². The van der Waals surface area contributed by atoms with E-state index in [1.165, 1.54) is 6.08 Å².